The molecule has 0 aromatic carbocycles. The molecule has 0 radical (unpaired) electrons. The van der Waals surface area contributed by atoms with Crippen LogP contribution in [0, 0.1) is 0 Å². The predicted molar refractivity (Wildman–Crippen MR) is 60.9 cm³/mol. The van der Waals surface area contributed by atoms with Gasteiger partial charge in [-0.3, -0.25) is 0 Å². The molecule has 0 aliphatic carbocycles. The first-order valence-corrected chi connectivity index (χ1v) is 5.13. The molecule has 2 heteroatoms. The van der Waals surface area contributed by atoms with Crippen molar-refractivity contribution >= 4 is 6.08 Å². The highest BCUT2D eigenvalue weighted by Crippen LogP contribution is 2.00. The summed E-state index contributed by atoms with van der Waals surface area (Å²) in [5.74, 6) is 1.02. The van der Waals surface area contributed by atoms with Crippen LogP contribution in [0.4, 0.5) is 0 Å². The summed E-state index contributed by atoms with van der Waals surface area (Å²) in [6.07, 6.45) is 15.8. The zero-order valence-corrected chi connectivity index (χ0v) is 8.98. The van der Waals surface area contributed by atoms with Crippen LogP contribution in [0.3, 0.4) is 0 Å². The van der Waals surface area contributed by atoms with Crippen molar-refractivity contribution in [3.8, 4) is 0 Å². The number of hydrogen-bond donors (Lipinski definition) is 0. The number of rotatable bonds is 5. The second-order valence-electron chi connectivity index (χ2n) is 3.26. The third-order valence-electron chi connectivity index (χ3n) is 2.03. The maximum Gasteiger partial charge on any atom is 0.131 e. The van der Waals surface area contributed by atoms with Crippen molar-refractivity contribution in [2.45, 2.75) is 26.2 Å². The normalized spacial score (nSPS) is 11.9. The van der Waals surface area contributed by atoms with E-state index in [1.807, 2.05) is 24.0 Å². The van der Waals surface area contributed by atoms with Gasteiger partial charge in [-0.15, -0.1) is 0 Å². The summed E-state index contributed by atoms with van der Waals surface area (Å²) in [6, 6.07) is 0. The van der Waals surface area contributed by atoms with Crippen LogP contribution in [-0.4, -0.2) is 9.55 Å². The van der Waals surface area contributed by atoms with Gasteiger partial charge in [0.25, 0.3) is 0 Å². The van der Waals surface area contributed by atoms with E-state index < -0.39 is 0 Å². The highest BCUT2D eigenvalue weighted by molar-refractivity contribution is 5.39. The van der Waals surface area contributed by atoms with Crippen molar-refractivity contribution in [2.24, 2.45) is 7.05 Å². The number of allylic oxidation sites excluding steroid dienone is 3. The van der Waals surface area contributed by atoms with E-state index in [0.29, 0.717) is 0 Å². The van der Waals surface area contributed by atoms with Gasteiger partial charge in [0.05, 0.1) is 0 Å². The van der Waals surface area contributed by atoms with Gasteiger partial charge in [0, 0.05) is 19.4 Å². The molecule has 0 aliphatic heterocycles. The summed E-state index contributed by atoms with van der Waals surface area (Å²) in [7, 11) is 2.00. The minimum Gasteiger partial charge on any atom is -0.335 e. The lowest BCUT2D eigenvalue weighted by Gasteiger charge is -1.92. The first-order valence-electron chi connectivity index (χ1n) is 5.13. The maximum atomic E-state index is 4.21. The first-order chi connectivity index (χ1) is 6.84. The molecule has 1 aromatic rings. The van der Waals surface area contributed by atoms with Crippen molar-refractivity contribution in [3.63, 3.8) is 0 Å². The molecular weight excluding hydrogens is 172 g/mol. The molecule has 1 heterocycles. The molecule has 0 N–H and O–H groups in total. The van der Waals surface area contributed by atoms with Crippen LogP contribution >= 0.6 is 0 Å². The quantitative estimate of drug-likeness (QED) is 0.515. The molecule has 1 rings (SSSR count). The Morgan fingerprint density at radius 2 is 2.07 bits per heavy atom. The largest absolute Gasteiger partial charge is 0.335 e. The predicted octanol–water partition coefficient (Wildman–Crippen LogP) is 3.18. The summed E-state index contributed by atoms with van der Waals surface area (Å²) >= 11 is 0. The SMILES string of the molecule is CC/C=C\CC/C=C/c1nccn1C. The third-order valence-corrected chi connectivity index (χ3v) is 2.03. The van der Waals surface area contributed by atoms with Gasteiger partial charge < -0.3 is 4.57 Å². The minimum atomic E-state index is 1.02. The second-order valence-corrected chi connectivity index (χ2v) is 3.26. The summed E-state index contributed by atoms with van der Waals surface area (Å²) < 4.78 is 2.01. The van der Waals surface area contributed by atoms with Gasteiger partial charge in [-0.05, 0) is 25.3 Å². The topological polar surface area (TPSA) is 17.8 Å². The molecule has 0 fully saturated rings. The number of unbranched alkanes of at least 4 members (excludes halogenated alkanes) is 1. The Labute approximate surface area is 86.0 Å². The third kappa shape index (κ3) is 3.60. The minimum absolute atomic E-state index is 1.02. The molecule has 0 saturated carbocycles. The standard InChI is InChI=1S/C12H18N2/c1-3-4-5-6-7-8-9-12-13-10-11-14(12)2/h4-5,8-11H,3,6-7H2,1-2H3/b5-4-,9-8+. The fraction of sp³-hybridized carbons (Fsp3) is 0.417. The Hall–Kier alpha value is -1.31. The van der Waals surface area contributed by atoms with E-state index in [0.717, 1.165) is 25.1 Å². The molecule has 0 unspecified atom stereocenters. The number of aromatic nitrogens is 2. The zero-order chi connectivity index (χ0) is 10.2. The van der Waals surface area contributed by atoms with Crippen molar-refractivity contribution in [1.82, 2.24) is 9.55 Å². The second kappa shape index (κ2) is 6.19. The van der Waals surface area contributed by atoms with Crippen molar-refractivity contribution in [2.75, 3.05) is 0 Å². The summed E-state index contributed by atoms with van der Waals surface area (Å²) in [6.45, 7) is 2.15. The average molecular weight is 190 g/mol. The van der Waals surface area contributed by atoms with Crippen molar-refractivity contribution < 1.29 is 0 Å². The molecule has 0 amide bonds. The number of hydrogen-bond acceptors (Lipinski definition) is 1. The van der Waals surface area contributed by atoms with E-state index in [4.69, 9.17) is 0 Å². The van der Waals surface area contributed by atoms with E-state index in [9.17, 15) is 0 Å². The Bertz CT molecular complexity index is 308. The molecule has 0 saturated heterocycles. The van der Waals surface area contributed by atoms with Crippen LogP contribution in [0.1, 0.15) is 32.0 Å². The van der Waals surface area contributed by atoms with Gasteiger partial charge in [-0.1, -0.05) is 25.2 Å². The summed E-state index contributed by atoms with van der Waals surface area (Å²) in [5.41, 5.74) is 0. The lowest BCUT2D eigenvalue weighted by atomic mass is 10.2. The van der Waals surface area contributed by atoms with Crippen LogP contribution in [0.15, 0.2) is 30.6 Å². The van der Waals surface area contributed by atoms with Crippen LogP contribution in [-0.2, 0) is 7.05 Å². The Balaban J connectivity index is 2.28. The lowest BCUT2D eigenvalue weighted by molar-refractivity contribution is 0.895. The Morgan fingerprint density at radius 1 is 1.29 bits per heavy atom. The zero-order valence-electron chi connectivity index (χ0n) is 8.98. The molecule has 2 nitrogen and oxygen atoms in total. The first kappa shape index (κ1) is 10.8. The smallest absolute Gasteiger partial charge is 0.131 e. The maximum absolute atomic E-state index is 4.21. The molecular formula is C12H18N2. The van der Waals surface area contributed by atoms with Gasteiger partial charge in [0.2, 0.25) is 0 Å². The molecule has 14 heavy (non-hydrogen) atoms. The van der Waals surface area contributed by atoms with Crippen LogP contribution in [0.25, 0.3) is 6.08 Å². The number of nitrogens with zero attached hydrogens (tertiary/aromatic N) is 2. The monoisotopic (exact) mass is 190 g/mol. The lowest BCUT2D eigenvalue weighted by Crippen LogP contribution is -1.88. The van der Waals surface area contributed by atoms with E-state index in [1.165, 1.54) is 0 Å². The molecule has 1 aromatic heterocycles. The molecule has 0 atom stereocenters. The molecule has 76 valence electrons. The van der Waals surface area contributed by atoms with E-state index >= 15 is 0 Å². The Morgan fingerprint density at radius 3 is 2.71 bits per heavy atom. The van der Waals surface area contributed by atoms with Gasteiger partial charge in [-0.2, -0.15) is 0 Å². The summed E-state index contributed by atoms with van der Waals surface area (Å²) in [4.78, 5) is 4.21. The molecule has 0 spiro atoms. The van der Waals surface area contributed by atoms with Crippen molar-refractivity contribution in [1.29, 1.82) is 0 Å². The molecule has 0 bridgehead atoms. The highest BCUT2D eigenvalue weighted by Gasteiger charge is 1.90. The van der Waals surface area contributed by atoms with Crippen LogP contribution in [0.2, 0.25) is 0 Å². The fourth-order valence-corrected chi connectivity index (χ4v) is 1.20. The van der Waals surface area contributed by atoms with Gasteiger partial charge in [0.1, 0.15) is 5.82 Å². The number of imidazole rings is 1. The van der Waals surface area contributed by atoms with E-state index in [-0.39, 0.29) is 0 Å². The van der Waals surface area contributed by atoms with Gasteiger partial charge in [-0.25, -0.2) is 4.98 Å². The number of aryl methyl sites for hydroxylation is 1. The van der Waals surface area contributed by atoms with E-state index in [2.05, 4.69) is 36.2 Å². The fourth-order valence-electron chi connectivity index (χ4n) is 1.20. The average Bonchev–Trinajstić information content (AvgIpc) is 2.58. The van der Waals surface area contributed by atoms with Gasteiger partial charge in [0.15, 0.2) is 0 Å². The van der Waals surface area contributed by atoms with Crippen molar-refractivity contribution in [3.05, 3.63) is 36.4 Å². The Kier molecular flexibility index (Phi) is 4.76. The highest BCUT2D eigenvalue weighted by atomic mass is 15.0. The van der Waals surface area contributed by atoms with Gasteiger partial charge >= 0.3 is 0 Å². The van der Waals surface area contributed by atoms with E-state index in [1.54, 1.807) is 0 Å². The molecule has 0 aliphatic rings. The van der Waals surface area contributed by atoms with Crippen LogP contribution < -0.4 is 0 Å². The van der Waals surface area contributed by atoms with Crippen LogP contribution in [0.5, 0.6) is 0 Å². The summed E-state index contributed by atoms with van der Waals surface area (Å²) in [5, 5.41) is 0.